The molecule has 1 saturated carbocycles. The van der Waals surface area contributed by atoms with Crippen LogP contribution in [0, 0.1) is 0 Å². The highest BCUT2D eigenvalue weighted by Gasteiger charge is 2.15. The van der Waals surface area contributed by atoms with E-state index in [1.807, 2.05) is 0 Å². The molecule has 0 saturated heterocycles. The number of amides is 3. The van der Waals surface area contributed by atoms with Gasteiger partial charge < -0.3 is 15.5 Å². The van der Waals surface area contributed by atoms with E-state index in [1.54, 1.807) is 17.1 Å². The predicted molar refractivity (Wildman–Crippen MR) is 89.6 cm³/mol. The molecule has 0 bridgehead atoms. The molecule has 0 aromatic rings. The molecule has 5 nitrogen and oxygen atoms in total. The van der Waals surface area contributed by atoms with Gasteiger partial charge in [-0.15, -0.1) is 13.2 Å². The molecular formula is C17H29N3O2. The first kappa shape index (κ1) is 18.3. The zero-order valence-corrected chi connectivity index (χ0v) is 13.5. The number of nitrogens with zero attached hydrogens (tertiary/aromatic N) is 1. The van der Waals surface area contributed by atoms with Crippen LogP contribution in [0.1, 0.15) is 44.9 Å². The highest BCUT2D eigenvalue weighted by atomic mass is 16.2. The van der Waals surface area contributed by atoms with E-state index in [1.165, 1.54) is 19.3 Å². The fourth-order valence-electron chi connectivity index (χ4n) is 2.67. The maximum atomic E-state index is 12.0. The summed E-state index contributed by atoms with van der Waals surface area (Å²) >= 11 is 0. The monoisotopic (exact) mass is 307 g/mol. The summed E-state index contributed by atoms with van der Waals surface area (Å²) in [6.07, 6.45) is 10.3. The third-order valence-electron chi connectivity index (χ3n) is 3.85. The summed E-state index contributed by atoms with van der Waals surface area (Å²) < 4.78 is 0. The third kappa shape index (κ3) is 7.29. The number of hydrogen-bond donors (Lipinski definition) is 2. The van der Waals surface area contributed by atoms with Gasteiger partial charge in [0.15, 0.2) is 0 Å². The topological polar surface area (TPSA) is 61.4 Å². The second-order valence-corrected chi connectivity index (χ2v) is 5.71. The predicted octanol–water partition coefficient (Wildman–Crippen LogP) is 2.60. The number of carbonyl (C=O) groups excluding carboxylic acids is 2. The maximum absolute atomic E-state index is 12.0. The quantitative estimate of drug-likeness (QED) is 0.508. The summed E-state index contributed by atoms with van der Waals surface area (Å²) in [5.74, 6) is 0.0642. The first-order valence-electron chi connectivity index (χ1n) is 8.21. The first-order valence-corrected chi connectivity index (χ1v) is 8.21. The SMILES string of the molecule is C=CCN(CC=C)C(=O)CCCNC(=O)NC1CCCCC1. The molecule has 3 amide bonds. The number of rotatable bonds is 9. The number of nitrogens with one attached hydrogen (secondary N) is 2. The van der Waals surface area contributed by atoms with Gasteiger partial charge in [-0.1, -0.05) is 31.4 Å². The smallest absolute Gasteiger partial charge is 0.315 e. The molecule has 2 N–H and O–H groups in total. The Kier molecular flexibility index (Phi) is 9.03. The molecule has 0 aliphatic heterocycles. The van der Waals surface area contributed by atoms with Crippen LogP contribution in [0.25, 0.3) is 0 Å². The van der Waals surface area contributed by atoms with Gasteiger partial charge in [-0.05, 0) is 19.3 Å². The van der Waals surface area contributed by atoms with Gasteiger partial charge >= 0.3 is 6.03 Å². The normalized spacial score (nSPS) is 14.9. The Labute approximate surface area is 133 Å². The van der Waals surface area contributed by atoms with Crippen molar-refractivity contribution in [2.75, 3.05) is 19.6 Å². The van der Waals surface area contributed by atoms with Crippen molar-refractivity contribution in [1.82, 2.24) is 15.5 Å². The van der Waals surface area contributed by atoms with Gasteiger partial charge in [-0.2, -0.15) is 0 Å². The second kappa shape index (κ2) is 10.9. The van der Waals surface area contributed by atoms with Crippen molar-refractivity contribution < 1.29 is 9.59 Å². The standard InChI is InChI=1S/C17H29N3O2/c1-3-13-20(14-4-2)16(21)11-8-12-18-17(22)19-15-9-6-5-7-10-15/h3-4,15H,1-2,5-14H2,(H2,18,19,22). The van der Waals surface area contributed by atoms with Gasteiger partial charge in [0.2, 0.25) is 5.91 Å². The van der Waals surface area contributed by atoms with Crippen LogP contribution in [-0.4, -0.2) is 42.5 Å². The van der Waals surface area contributed by atoms with Crippen LogP contribution in [0.4, 0.5) is 4.79 Å². The minimum absolute atomic E-state index is 0.0642. The van der Waals surface area contributed by atoms with Crippen LogP contribution in [0.5, 0.6) is 0 Å². The fraction of sp³-hybridized carbons (Fsp3) is 0.647. The van der Waals surface area contributed by atoms with Crippen LogP contribution in [0.15, 0.2) is 25.3 Å². The van der Waals surface area contributed by atoms with E-state index in [2.05, 4.69) is 23.8 Å². The molecule has 22 heavy (non-hydrogen) atoms. The molecule has 0 unspecified atom stereocenters. The second-order valence-electron chi connectivity index (χ2n) is 5.71. The van der Waals surface area contributed by atoms with Crippen molar-refractivity contribution in [3.63, 3.8) is 0 Å². The van der Waals surface area contributed by atoms with Gasteiger partial charge in [0, 0.05) is 32.1 Å². The summed E-state index contributed by atoms with van der Waals surface area (Å²) in [6, 6.07) is 0.194. The molecule has 5 heteroatoms. The molecule has 124 valence electrons. The van der Waals surface area contributed by atoms with Gasteiger partial charge in [0.1, 0.15) is 0 Å². The van der Waals surface area contributed by atoms with E-state index in [0.717, 1.165) is 12.8 Å². The van der Waals surface area contributed by atoms with Gasteiger partial charge in [0.05, 0.1) is 0 Å². The Morgan fingerprint density at radius 2 is 1.73 bits per heavy atom. The Bertz CT molecular complexity index is 366. The van der Waals surface area contributed by atoms with E-state index in [-0.39, 0.29) is 11.9 Å². The lowest BCUT2D eigenvalue weighted by Crippen LogP contribution is -2.43. The molecule has 1 rings (SSSR count). The zero-order chi connectivity index (χ0) is 16.2. The Morgan fingerprint density at radius 3 is 2.32 bits per heavy atom. The van der Waals surface area contributed by atoms with Crippen molar-refractivity contribution in [2.45, 2.75) is 51.0 Å². The zero-order valence-electron chi connectivity index (χ0n) is 13.5. The lowest BCUT2D eigenvalue weighted by molar-refractivity contribution is -0.130. The average molecular weight is 307 g/mol. The number of carbonyl (C=O) groups is 2. The van der Waals surface area contributed by atoms with E-state index < -0.39 is 0 Å². The van der Waals surface area contributed by atoms with E-state index >= 15 is 0 Å². The molecule has 0 radical (unpaired) electrons. The minimum Gasteiger partial charge on any atom is -0.338 e. The minimum atomic E-state index is -0.117. The van der Waals surface area contributed by atoms with Crippen molar-refractivity contribution in [3.05, 3.63) is 25.3 Å². The van der Waals surface area contributed by atoms with Crippen molar-refractivity contribution in [3.8, 4) is 0 Å². The summed E-state index contributed by atoms with van der Waals surface area (Å²) in [4.78, 5) is 25.4. The summed E-state index contributed by atoms with van der Waals surface area (Å²) in [7, 11) is 0. The molecule has 0 aromatic heterocycles. The van der Waals surface area contributed by atoms with Crippen LogP contribution in [-0.2, 0) is 4.79 Å². The average Bonchev–Trinajstić information content (AvgIpc) is 2.52. The fourth-order valence-corrected chi connectivity index (χ4v) is 2.67. The Hall–Kier alpha value is -1.78. The number of hydrogen-bond acceptors (Lipinski definition) is 2. The van der Waals surface area contributed by atoms with Gasteiger partial charge in [-0.3, -0.25) is 4.79 Å². The molecule has 0 atom stereocenters. The van der Waals surface area contributed by atoms with Crippen LogP contribution in [0.3, 0.4) is 0 Å². The van der Waals surface area contributed by atoms with Crippen LogP contribution >= 0.6 is 0 Å². The molecular weight excluding hydrogens is 278 g/mol. The third-order valence-corrected chi connectivity index (χ3v) is 3.85. The van der Waals surface area contributed by atoms with Crippen molar-refractivity contribution in [1.29, 1.82) is 0 Å². The van der Waals surface area contributed by atoms with Crippen molar-refractivity contribution >= 4 is 11.9 Å². The molecule has 1 fully saturated rings. The lowest BCUT2D eigenvalue weighted by Gasteiger charge is -2.23. The van der Waals surface area contributed by atoms with Gasteiger partial charge in [-0.25, -0.2) is 4.79 Å². The van der Waals surface area contributed by atoms with Crippen molar-refractivity contribution in [2.24, 2.45) is 0 Å². The maximum Gasteiger partial charge on any atom is 0.315 e. The first-order chi connectivity index (χ1) is 10.7. The van der Waals surface area contributed by atoms with E-state index in [0.29, 0.717) is 38.5 Å². The molecule has 1 aliphatic carbocycles. The summed E-state index contributed by atoms with van der Waals surface area (Å²) in [6.45, 7) is 8.86. The highest BCUT2D eigenvalue weighted by molar-refractivity contribution is 5.77. The summed E-state index contributed by atoms with van der Waals surface area (Å²) in [5, 5.41) is 5.83. The molecule has 0 spiro atoms. The summed E-state index contributed by atoms with van der Waals surface area (Å²) in [5.41, 5.74) is 0. The molecule has 0 heterocycles. The van der Waals surface area contributed by atoms with Gasteiger partial charge in [0.25, 0.3) is 0 Å². The lowest BCUT2D eigenvalue weighted by atomic mass is 9.96. The van der Waals surface area contributed by atoms with E-state index in [9.17, 15) is 9.59 Å². The van der Waals surface area contributed by atoms with Crippen LogP contribution < -0.4 is 10.6 Å². The highest BCUT2D eigenvalue weighted by Crippen LogP contribution is 2.17. The Morgan fingerprint density at radius 1 is 1.09 bits per heavy atom. The van der Waals surface area contributed by atoms with E-state index in [4.69, 9.17) is 0 Å². The molecule has 1 aliphatic rings. The Balaban J connectivity index is 2.14. The largest absolute Gasteiger partial charge is 0.338 e. The molecule has 0 aromatic carbocycles. The van der Waals surface area contributed by atoms with Crippen LogP contribution in [0.2, 0.25) is 0 Å². The number of urea groups is 1.